The van der Waals surface area contributed by atoms with E-state index in [1.807, 2.05) is 23.9 Å². The van der Waals surface area contributed by atoms with Gasteiger partial charge in [-0.2, -0.15) is 0 Å². The molecule has 1 aliphatic rings. The maximum Gasteiger partial charge on any atom is 0.0314 e. The molecule has 2 rings (SSSR count). The van der Waals surface area contributed by atoms with Crippen LogP contribution >= 0.6 is 11.8 Å². The van der Waals surface area contributed by atoms with Gasteiger partial charge in [-0.1, -0.05) is 12.8 Å². The highest BCUT2D eigenvalue weighted by molar-refractivity contribution is 7.99. The monoisotopic (exact) mass is 193 g/mol. The zero-order valence-corrected chi connectivity index (χ0v) is 8.52. The Balaban J connectivity index is 1.76. The van der Waals surface area contributed by atoms with Crippen molar-refractivity contribution in [3.63, 3.8) is 0 Å². The van der Waals surface area contributed by atoms with Crippen LogP contribution in [0.5, 0.6) is 0 Å². The number of anilines is 1. The maximum absolute atomic E-state index is 5.60. The highest BCUT2D eigenvalue weighted by Gasteiger charge is 2.20. The molecular formula is C11H15NS. The smallest absolute Gasteiger partial charge is 0.0314 e. The van der Waals surface area contributed by atoms with Crippen molar-refractivity contribution in [2.45, 2.75) is 24.2 Å². The third kappa shape index (κ3) is 2.96. The molecule has 0 aliphatic heterocycles. The van der Waals surface area contributed by atoms with Crippen LogP contribution in [0.3, 0.4) is 0 Å². The van der Waals surface area contributed by atoms with E-state index in [1.54, 1.807) is 0 Å². The molecule has 0 radical (unpaired) electrons. The van der Waals surface area contributed by atoms with Gasteiger partial charge in [0.25, 0.3) is 0 Å². The van der Waals surface area contributed by atoms with Crippen molar-refractivity contribution >= 4 is 17.4 Å². The molecule has 1 saturated carbocycles. The zero-order chi connectivity index (χ0) is 9.10. The SMILES string of the molecule is Nc1ccc(SCCC2CC2)cc1. The quantitative estimate of drug-likeness (QED) is 0.587. The van der Waals surface area contributed by atoms with E-state index in [1.165, 1.54) is 29.9 Å². The predicted octanol–water partition coefficient (Wildman–Crippen LogP) is 3.16. The standard InChI is InChI=1S/C11H15NS/c12-10-3-5-11(6-4-10)13-8-7-9-1-2-9/h3-6,9H,1-2,7-8,12H2. The Bertz CT molecular complexity index is 264. The van der Waals surface area contributed by atoms with Gasteiger partial charge >= 0.3 is 0 Å². The summed E-state index contributed by atoms with van der Waals surface area (Å²) in [6, 6.07) is 8.15. The lowest BCUT2D eigenvalue weighted by Gasteiger charge is -2.00. The third-order valence-corrected chi connectivity index (χ3v) is 3.42. The van der Waals surface area contributed by atoms with Gasteiger partial charge in [0.05, 0.1) is 0 Å². The normalized spacial score (nSPS) is 16.0. The first-order valence-electron chi connectivity index (χ1n) is 4.83. The number of nitrogen functional groups attached to an aromatic ring is 1. The van der Waals surface area contributed by atoms with Gasteiger partial charge in [0.2, 0.25) is 0 Å². The van der Waals surface area contributed by atoms with Crippen molar-refractivity contribution in [2.24, 2.45) is 5.92 Å². The first-order valence-corrected chi connectivity index (χ1v) is 5.81. The number of rotatable bonds is 4. The van der Waals surface area contributed by atoms with Crippen LogP contribution in [0, 0.1) is 5.92 Å². The van der Waals surface area contributed by atoms with Crippen LogP contribution in [-0.2, 0) is 0 Å². The highest BCUT2D eigenvalue weighted by atomic mass is 32.2. The summed E-state index contributed by atoms with van der Waals surface area (Å²) < 4.78 is 0. The van der Waals surface area contributed by atoms with Gasteiger partial charge in [0, 0.05) is 10.6 Å². The van der Waals surface area contributed by atoms with Crippen molar-refractivity contribution in [3.8, 4) is 0 Å². The van der Waals surface area contributed by atoms with Gasteiger partial charge in [-0.15, -0.1) is 11.8 Å². The average molecular weight is 193 g/mol. The minimum Gasteiger partial charge on any atom is -0.399 e. The molecule has 1 fully saturated rings. The molecule has 0 aromatic heterocycles. The van der Waals surface area contributed by atoms with E-state index >= 15 is 0 Å². The van der Waals surface area contributed by atoms with Crippen LogP contribution < -0.4 is 5.73 Å². The summed E-state index contributed by atoms with van der Waals surface area (Å²) in [4.78, 5) is 1.34. The topological polar surface area (TPSA) is 26.0 Å². The summed E-state index contributed by atoms with van der Waals surface area (Å²) in [5, 5.41) is 0. The third-order valence-electron chi connectivity index (χ3n) is 2.37. The molecule has 1 nitrogen and oxygen atoms in total. The number of hydrogen-bond donors (Lipinski definition) is 1. The van der Waals surface area contributed by atoms with Crippen LogP contribution in [0.15, 0.2) is 29.2 Å². The van der Waals surface area contributed by atoms with Gasteiger partial charge < -0.3 is 5.73 Å². The van der Waals surface area contributed by atoms with Gasteiger partial charge in [-0.3, -0.25) is 0 Å². The molecule has 2 heteroatoms. The minimum absolute atomic E-state index is 0.853. The van der Waals surface area contributed by atoms with Crippen molar-refractivity contribution in [2.75, 3.05) is 11.5 Å². The first kappa shape index (κ1) is 8.95. The lowest BCUT2D eigenvalue weighted by Crippen LogP contribution is -1.84. The van der Waals surface area contributed by atoms with Crippen LogP contribution in [0.4, 0.5) is 5.69 Å². The number of benzene rings is 1. The molecule has 2 N–H and O–H groups in total. The second-order valence-corrected chi connectivity index (χ2v) is 4.82. The van der Waals surface area contributed by atoms with E-state index in [2.05, 4.69) is 12.1 Å². The maximum atomic E-state index is 5.60. The lowest BCUT2D eigenvalue weighted by molar-refractivity contribution is 0.809. The Morgan fingerprint density at radius 2 is 1.92 bits per heavy atom. The predicted molar refractivity (Wildman–Crippen MR) is 58.9 cm³/mol. The number of nitrogens with two attached hydrogens (primary N) is 1. The molecule has 0 bridgehead atoms. The zero-order valence-electron chi connectivity index (χ0n) is 7.70. The molecule has 0 spiro atoms. The van der Waals surface area contributed by atoms with E-state index in [0.29, 0.717) is 0 Å². The fraction of sp³-hybridized carbons (Fsp3) is 0.455. The van der Waals surface area contributed by atoms with Crippen molar-refractivity contribution in [1.82, 2.24) is 0 Å². The first-order chi connectivity index (χ1) is 6.34. The molecule has 1 aromatic carbocycles. The van der Waals surface area contributed by atoms with Crippen LogP contribution in [-0.4, -0.2) is 5.75 Å². The van der Waals surface area contributed by atoms with Gasteiger partial charge in [0.15, 0.2) is 0 Å². The summed E-state index contributed by atoms with van der Waals surface area (Å²) in [5.41, 5.74) is 6.46. The number of thioether (sulfide) groups is 1. The molecule has 0 heterocycles. The van der Waals surface area contributed by atoms with Gasteiger partial charge in [0.1, 0.15) is 0 Å². The summed E-state index contributed by atoms with van der Waals surface area (Å²) in [6.07, 6.45) is 4.31. The van der Waals surface area contributed by atoms with Crippen LogP contribution in [0.1, 0.15) is 19.3 Å². The summed E-state index contributed by atoms with van der Waals surface area (Å²) in [6.45, 7) is 0. The Hall–Kier alpha value is -0.630. The van der Waals surface area contributed by atoms with Crippen molar-refractivity contribution in [3.05, 3.63) is 24.3 Å². The van der Waals surface area contributed by atoms with E-state index in [9.17, 15) is 0 Å². The molecule has 0 unspecified atom stereocenters. The van der Waals surface area contributed by atoms with Crippen LogP contribution in [0.25, 0.3) is 0 Å². The van der Waals surface area contributed by atoms with Gasteiger partial charge in [-0.25, -0.2) is 0 Å². The molecule has 0 atom stereocenters. The molecular weight excluding hydrogens is 178 g/mol. The largest absolute Gasteiger partial charge is 0.399 e. The molecule has 1 aliphatic carbocycles. The fourth-order valence-corrected chi connectivity index (χ4v) is 2.33. The van der Waals surface area contributed by atoms with E-state index < -0.39 is 0 Å². The Morgan fingerprint density at radius 1 is 1.23 bits per heavy atom. The summed E-state index contributed by atoms with van der Waals surface area (Å²) in [7, 11) is 0. The lowest BCUT2D eigenvalue weighted by atomic mass is 10.3. The minimum atomic E-state index is 0.853. The van der Waals surface area contributed by atoms with Crippen molar-refractivity contribution in [1.29, 1.82) is 0 Å². The number of hydrogen-bond acceptors (Lipinski definition) is 2. The molecule has 70 valence electrons. The van der Waals surface area contributed by atoms with Gasteiger partial charge in [-0.05, 0) is 42.4 Å². The van der Waals surface area contributed by atoms with Crippen molar-refractivity contribution < 1.29 is 0 Å². The molecule has 1 aromatic rings. The van der Waals surface area contributed by atoms with Crippen LogP contribution in [0.2, 0.25) is 0 Å². The summed E-state index contributed by atoms with van der Waals surface area (Å²) >= 11 is 1.94. The Morgan fingerprint density at radius 3 is 2.54 bits per heavy atom. The van der Waals surface area contributed by atoms with E-state index in [0.717, 1.165) is 11.6 Å². The summed E-state index contributed by atoms with van der Waals surface area (Å²) in [5.74, 6) is 2.30. The second-order valence-electron chi connectivity index (χ2n) is 3.65. The molecule has 0 saturated heterocycles. The fourth-order valence-electron chi connectivity index (χ4n) is 1.31. The van der Waals surface area contributed by atoms with E-state index in [4.69, 9.17) is 5.73 Å². The second kappa shape index (κ2) is 4.05. The average Bonchev–Trinajstić information content (AvgIpc) is 2.92. The highest BCUT2D eigenvalue weighted by Crippen LogP contribution is 2.34. The molecule has 0 amide bonds. The Labute approximate surface area is 83.7 Å². The molecule has 13 heavy (non-hydrogen) atoms. The Kier molecular flexibility index (Phi) is 2.79. The van der Waals surface area contributed by atoms with E-state index in [-0.39, 0.29) is 0 Å².